The topological polar surface area (TPSA) is 35.5 Å². The number of aryl methyl sites for hydroxylation is 2. The van der Waals surface area contributed by atoms with Crippen molar-refractivity contribution in [2.24, 2.45) is 0 Å². The van der Waals surface area contributed by atoms with Gasteiger partial charge in [-0.3, -0.25) is 0 Å². The molecule has 1 heterocycles. The van der Waals surface area contributed by atoms with Crippen molar-refractivity contribution in [1.29, 1.82) is 0 Å². The quantitative estimate of drug-likeness (QED) is 0.765. The number of esters is 1. The predicted molar refractivity (Wildman–Crippen MR) is 81.4 cm³/mol. The van der Waals surface area contributed by atoms with Crippen LogP contribution in [0.4, 0.5) is 0 Å². The van der Waals surface area contributed by atoms with Crippen molar-refractivity contribution in [3.8, 4) is 0 Å². The number of benzene rings is 1. The highest BCUT2D eigenvalue weighted by atomic mass is 16.6. The molecule has 0 spiro atoms. The molecule has 2 rings (SSSR count). The van der Waals surface area contributed by atoms with Crippen molar-refractivity contribution in [1.82, 2.24) is 0 Å². The number of ether oxygens (including phenoxy) is 2. The summed E-state index contributed by atoms with van der Waals surface area (Å²) in [4.78, 5) is 12.0. The highest BCUT2D eigenvalue weighted by Crippen LogP contribution is 2.38. The van der Waals surface area contributed by atoms with Gasteiger partial charge in [-0.15, -0.1) is 0 Å². The Morgan fingerprint density at radius 2 is 1.75 bits per heavy atom. The SMILES string of the molecule is CC.COC1=C(c2ccc(C)cc2C)C(=O)OC1(C)C. The fourth-order valence-electron chi connectivity index (χ4n) is 2.40. The molecule has 3 heteroatoms. The molecule has 0 saturated carbocycles. The molecule has 1 aromatic carbocycles. The van der Waals surface area contributed by atoms with E-state index in [1.54, 1.807) is 7.11 Å². The lowest BCUT2D eigenvalue weighted by atomic mass is 9.95. The van der Waals surface area contributed by atoms with Gasteiger partial charge in [0.15, 0.2) is 11.4 Å². The summed E-state index contributed by atoms with van der Waals surface area (Å²) in [7, 11) is 1.57. The summed E-state index contributed by atoms with van der Waals surface area (Å²) >= 11 is 0. The average Bonchev–Trinajstić information content (AvgIpc) is 2.61. The first-order chi connectivity index (χ1) is 9.36. The molecule has 1 aliphatic rings. The molecule has 0 bridgehead atoms. The molecule has 0 radical (unpaired) electrons. The summed E-state index contributed by atoms with van der Waals surface area (Å²) in [5.41, 5.74) is 2.95. The highest BCUT2D eigenvalue weighted by molar-refractivity contribution is 6.20. The van der Waals surface area contributed by atoms with Crippen LogP contribution < -0.4 is 0 Å². The minimum atomic E-state index is -0.696. The van der Waals surface area contributed by atoms with Gasteiger partial charge in [-0.05, 0) is 38.8 Å². The molecule has 0 N–H and O–H groups in total. The van der Waals surface area contributed by atoms with Crippen molar-refractivity contribution in [2.45, 2.75) is 47.1 Å². The van der Waals surface area contributed by atoms with Gasteiger partial charge in [0.05, 0.1) is 7.11 Å². The second kappa shape index (κ2) is 6.12. The average molecular weight is 276 g/mol. The summed E-state index contributed by atoms with van der Waals surface area (Å²) in [5, 5.41) is 0. The Labute approximate surface area is 121 Å². The van der Waals surface area contributed by atoms with Gasteiger partial charge in [0.1, 0.15) is 5.57 Å². The zero-order valence-corrected chi connectivity index (χ0v) is 13.5. The normalized spacial score (nSPS) is 16.4. The standard InChI is InChI=1S/C15H18O3.C2H6/c1-9-6-7-11(10(2)8-9)12-13(17-5)15(3,4)18-14(12)16;1-2/h6-8H,1-5H3;1-2H3. The van der Waals surface area contributed by atoms with Gasteiger partial charge in [-0.25, -0.2) is 4.79 Å². The van der Waals surface area contributed by atoms with E-state index in [0.717, 1.165) is 11.1 Å². The van der Waals surface area contributed by atoms with E-state index < -0.39 is 5.60 Å². The van der Waals surface area contributed by atoms with Crippen LogP contribution in [0.3, 0.4) is 0 Å². The van der Waals surface area contributed by atoms with Gasteiger partial charge in [0.2, 0.25) is 0 Å². The Kier molecular flexibility index (Phi) is 4.98. The second-order valence-corrected chi connectivity index (χ2v) is 5.13. The molecule has 1 aromatic rings. The molecule has 0 aromatic heterocycles. The molecule has 0 aliphatic carbocycles. The fraction of sp³-hybridized carbons (Fsp3) is 0.471. The van der Waals surface area contributed by atoms with Crippen LogP contribution in [0.2, 0.25) is 0 Å². The van der Waals surface area contributed by atoms with E-state index in [1.807, 2.05) is 59.7 Å². The van der Waals surface area contributed by atoms with Crippen LogP contribution in [0.15, 0.2) is 24.0 Å². The number of cyclic esters (lactones) is 1. The van der Waals surface area contributed by atoms with Gasteiger partial charge in [-0.1, -0.05) is 37.6 Å². The lowest BCUT2D eigenvalue weighted by Gasteiger charge is -2.19. The van der Waals surface area contributed by atoms with Crippen LogP contribution in [0.25, 0.3) is 5.57 Å². The van der Waals surface area contributed by atoms with E-state index in [1.165, 1.54) is 5.56 Å². The molecule has 110 valence electrons. The fourth-order valence-corrected chi connectivity index (χ4v) is 2.40. The predicted octanol–water partition coefficient (Wildman–Crippen LogP) is 4.02. The Morgan fingerprint density at radius 3 is 2.25 bits per heavy atom. The van der Waals surface area contributed by atoms with Crippen molar-refractivity contribution < 1.29 is 14.3 Å². The van der Waals surface area contributed by atoms with E-state index in [2.05, 4.69) is 0 Å². The molecule has 0 amide bonds. The Morgan fingerprint density at radius 1 is 1.15 bits per heavy atom. The van der Waals surface area contributed by atoms with Gasteiger partial charge >= 0.3 is 5.97 Å². The molecule has 0 atom stereocenters. The van der Waals surface area contributed by atoms with Crippen LogP contribution in [0, 0.1) is 13.8 Å². The largest absolute Gasteiger partial charge is 0.496 e. The Balaban J connectivity index is 0.000000956. The number of carbonyl (C=O) groups excluding carboxylic acids is 1. The third kappa shape index (κ3) is 2.87. The zero-order valence-electron chi connectivity index (χ0n) is 13.5. The number of rotatable bonds is 2. The maximum Gasteiger partial charge on any atom is 0.343 e. The second-order valence-electron chi connectivity index (χ2n) is 5.13. The van der Waals surface area contributed by atoms with Crippen LogP contribution in [-0.4, -0.2) is 18.7 Å². The van der Waals surface area contributed by atoms with E-state index in [0.29, 0.717) is 11.3 Å². The monoisotopic (exact) mass is 276 g/mol. The van der Waals surface area contributed by atoms with Crippen molar-refractivity contribution in [3.05, 3.63) is 40.6 Å². The summed E-state index contributed by atoms with van der Waals surface area (Å²) in [5.74, 6) is 0.281. The van der Waals surface area contributed by atoms with Crippen LogP contribution in [-0.2, 0) is 14.3 Å². The van der Waals surface area contributed by atoms with Gasteiger partial charge in [-0.2, -0.15) is 0 Å². The van der Waals surface area contributed by atoms with E-state index in [9.17, 15) is 4.79 Å². The number of methoxy groups -OCH3 is 1. The first-order valence-corrected chi connectivity index (χ1v) is 6.96. The lowest BCUT2D eigenvalue weighted by molar-refractivity contribution is -0.144. The van der Waals surface area contributed by atoms with Gasteiger partial charge in [0, 0.05) is 0 Å². The van der Waals surface area contributed by atoms with Crippen LogP contribution >= 0.6 is 0 Å². The highest BCUT2D eigenvalue weighted by Gasteiger charge is 2.42. The van der Waals surface area contributed by atoms with Crippen molar-refractivity contribution in [2.75, 3.05) is 7.11 Å². The summed E-state index contributed by atoms with van der Waals surface area (Å²) in [6.45, 7) is 11.7. The maximum absolute atomic E-state index is 12.0. The van der Waals surface area contributed by atoms with Crippen LogP contribution in [0.5, 0.6) is 0 Å². The van der Waals surface area contributed by atoms with Crippen molar-refractivity contribution in [3.63, 3.8) is 0 Å². The van der Waals surface area contributed by atoms with E-state index in [4.69, 9.17) is 9.47 Å². The lowest BCUT2D eigenvalue weighted by Crippen LogP contribution is -2.23. The molecule has 0 fully saturated rings. The summed E-state index contributed by atoms with van der Waals surface area (Å²) < 4.78 is 10.7. The minimum Gasteiger partial charge on any atom is -0.496 e. The third-order valence-corrected chi connectivity index (χ3v) is 3.18. The zero-order chi connectivity index (χ0) is 15.5. The molecular weight excluding hydrogens is 252 g/mol. The van der Waals surface area contributed by atoms with Crippen molar-refractivity contribution >= 4 is 11.5 Å². The molecule has 1 aliphatic heterocycles. The number of hydrogen-bond donors (Lipinski definition) is 0. The summed E-state index contributed by atoms with van der Waals surface area (Å²) in [6, 6.07) is 5.98. The van der Waals surface area contributed by atoms with E-state index >= 15 is 0 Å². The molecule has 0 unspecified atom stereocenters. The van der Waals surface area contributed by atoms with Crippen LogP contribution in [0.1, 0.15) is 44.4 Å². The maximum atomic E-state index is 12.0. The molecule has 20 heavy (non-hydrogen) atoms. The first kappa shape index (κ1) is 16.3. The molecule has 3 nitrogen and oxygen atoms in total. The Hall–Kier alpha value is -1.77. The first-order valence-electron chi connectivity index (χ1n) is 6.96. The third-order valence-electron chi connectivity index (χ3n) is 3.18. The Bertz CT molecular complexity index is 539. The van der Waals surface area contributed by atoms with Gasteiger partial charge in [0.25, 0.3) is 0 Å². The number of carbonyl (C=O) groups is 1. The van der Waals surface area contributed by atoms with E-state index in [-0.39, 0.29) is 5.97 Å². The number of hydrogen-bond acceptors (Lipinski definition) is 3. The smallest absolute Gasteiger partial charge is 0.343 e. The van der Waals surface area contributed by atoms with Gasteiger partial charge < -0.3 is 9.47 Å². The molecule has 0 saturated heterocycles. The molecular formula is C17H24O3. The minimum absolute atomic E-state index is 0.316. The summed E-state index contributed by atoms with van der Waals surface area (Å²) in [6.07, 6.45) is 0.